The van der Waals surface area contributed by atoms with Crippen LogP contribution in [-0.4, -0.2) is 104 Å². The first-order chi connectivity index (χ1) is 36.6. The Hall–Kier alpha value is -9.08. The monoisotopic (exact) mass is 928 g/mol. The quantitative estimate of drug-likeness (QED) is 0.172. The lowest BCUT2D eigenvalue weighted by Crippen LogP contribution is -2.88. The fourth-order valence-electron chi connectivity index (χ4n) is 9.46. The van der Waals surface area contributed by atoms with Crippen LogP contribution in [0.5, 0.6) is 0 Å². The Morgan fingerprint density at radius 2 is 0.280 bits per heavy atom. The minimum Gasteiger partial charge on any atom is -0.149 e. The van der Waals surface area contributed by atoms with E-state index in [1.807, 2.05) is 0 Å². The molecule has 0 atom stereocenters. The van der Waals surface area contributed by atoms with E-state index in [-0.39, 0.29) is 0 Å². The van der Waals surface area contributed by atoms with E-state index in [4.69, 9.17) is 32.1 Å². The zero-order valence-electron chi connectivity index (χ0n) is 45.6. The molecule has 0 nitrogen and oxygen atoms in total. The van der Waals surface area contributed by atoms with Gasteiger partial charge in [-0.1, -0.05) is 0 Å². The lowest BCUT2D eigenvalue weighted by molar-refractivity contribution is 1.92. The normalized spacial score (nSPS) is 6.61. The topological polar surface area (TPSA) is 0 Å². The van der Waals surface area contributed by atoms with Crippen molar-refractivity contribution in [3.63, 3.8) is 0 Å². The van der Waals surface area contributed by atoms with E-state index < -0.39 is 104 Å². The third-order valence-electron chi connectivity index (χ3n) is 11.5. The molecule has 0 saturated carbocycles. The summed E-state index contributed by atoms with van der Waals surface area (Å²) in [6.45, 7) is 15.2. The second kappa shape index (κ2) is 41.5. The highest BCUT2D eigenvalue weighted by Gasteiger charge is 2.65. The van der Waals surface area contributed by atoms with Crippen molar-refractivity contribution in [2.75, 3.05) is 0 Å². The maximum Gasteiger partial charge on any atom is 0.269 e. The highest BCUT2D eigenvalue weighted by atomic mass is 13.7. The van der Waals surface area contributed by atoms with Crippen molar-refractivity contribution in [1.29, 1.82) is 0 Å². The summed E-state index contributed by atoms with van der Waals surface area (Å²) >= 11 is 0. The molecule has 0 radical (unpaired) electrons. The van der Waals surface area contributed by atoms with Crippen molar-refractivity contribution in [2.45, 2.75) is 90.0 Å². The Morgan fingerprint density at radius 3 is 0.440 bits per heavy atom. The Bertz CT molecular complexity index is 3140. The Balaban J connectivity index is 12.4. The molecule has 0 amide bonds. The van der Waals surface area contributed by atoms with Crippen LogP contribution in [0.15, 0.2) is 0 Å². The van der Waals surface area contributed by atoms with Crippen LogP contribution in [0, 0.1) is 273 Å². The van der Waals surface area contributed by atoms with Gasteiger partial charge in [-0.2, -0.15) is 0 Å². The number of hydrogen-bond acceptors (Lipinski definition) is 0. The summed E-state index contributed by atoms with van der Waals surface area (Å²) < 4.78 is 0. The number of rotatable bonds is 15. The molecular formula is C59H44B16. The molecule has 0 N–H and O–H groups in total. The van der Waals surface area contributed by atoms with Crippen LogP contribution < -0.4 is 0 Å². The van der Waals surface area contributed by atoms with Gasteiger partial charge < -0.3 is 0 Å². The molecule has 0 aliphatic rings. The fraction of sp³-hybridized carbons (Fsp3) is 0.220. The molecule has 0 bridgehead atoms. The fourth-order valence-corrected chi connectivity index (χ4v) is 9.46. The van der Waals surface area contributed by atoms with Gasteiger partial charge in [0.1, 0.15) is 25.5 Å². The number of hydrogen-bond donors (Lipinski definition) is 0. The van der Waals surface area contributed by atoms with E-state index in [0.29, 0.717) is 0 Å². The van der Waals surface area contributed by atoms with Crippen molar-refractivity contribution in [3.8, 4) is 273 Å². The van der Waals surface area contributed by atoms with Crippen LogP contribution in [-0.2, 0) is 0 Å². The van der Waals surface area contributed by atoms with Crippen molar-refractivity contribution in [2.24, 2.45) is 0 Å². The van der Waals surface area contributed by atoms with E-state index in [0.717, 1.165) is 0 Å². The zero-order chi connectivity index (χ0) is 56.2. The first kappa shape index (κ1) is 65.9. The number of terminal acetylenes is 5. The molecule has 328 valence electrons. The van der Waals surface area contributed by atoms with Gasteiger partial charge in [0, 0.05) is 12.8 Å². The maximum absolute atomic E-state index is 6.06. The molecule has 0 aliphatic heterocycles. The van der Waals surface area contributed by atoms with E-state index in [2.05, 4.69) is 241 Å². The van der Waals surface area contributed by atoms with Gasteiger partial charge in [-0.05, 0) is 149 Å². The molecule has 16 heteroatoms. The molecule has 0 fully saturated rings. The van der Waals surface area contributed by atoms with Crippen molar-refractivity contribution in [1.82, 2.24) is 0 Å². The summed E-state index contributed by atoms with van der Waals surface area (Å²) in [6.07, 6.45) is 24.1. The van der Waals surface area contributed by atoms with Gasteiger partial charge in [0.25, 0.3) is 59.4 Å². The SMILES string of the molecule is C#CC#CB(C#CC)B(B(C#CC#C)C#CC#C)B(B(B(C#CC#C)C#CC#C)B(B(C#CC)C#CC)B(C#CC)C#CC)B(B(B(C#CC)C#CC)B(C#CC)C#CC)B(B(C#CC)C#CC)B(C#CC)C#CC. The zero-order valence-corrected chi connectivity index (χ0v) is 45.6. The summed E-state index contributed by atoms with van der Waals surface area (Å²) in [5.41, 5.74) is 0. The molecule has 0 aromatic heterocycles. The van der Waals surface area contributed by atoms with Crippen LogP contribution in [0.1, 0.15) is 90.0 Å². The average Bonchev–Trinajstić information content (AvgIpc) is 3.39. The van der Waals surface area contributed by atoms with Gasteiger partial charge in [-0.25, -0.2) is 0 Å². The van der Waals surface area contributed by atoms with Crippen LogP contribution in [0.2, 0.25) is 0 Å². The first-order valence-corrected chi connectivity index (χ1v) is 23.9. The van der Waals surface area contributed by atoms with E-state index >= 15 is 0 Å². The second-order valence-corrected chi connectivity index (χ2v) is 15.5. The maximum atomic E-state index is 6.06. The largest absolute Gasteiger partial charge is 0.269 e. The molecule has 0 aromatic carbocycles. The third-order valence-corrected chi connectivity index (χ3v) is 11.5. The van der Waals surface area contributed by atoms with Crippen molar-refractivity contribution < 1.29 is 0 Å². The minimum atomic E-state index is -1.03. The summed E-state index contributed by atoms with van der Waals surface area (Å²) in [6, 6.07) is 0. The summed E-state index contributed by atoms with van der Waals surface area (Å²) in [5, 5.41) is 0. The van der Waals surface area contributed by atoms with Gasteiger partial charge >= 0.3 is 0 Å². The lowest BCUT2D eigenvalue weighted by atomic mass is 8.35. The van der Waals surface area contributed by atoms with E-state index in [1.165, 1.54) is 0 Å². The average molecular weight is 926 g/mol. The highest BCUT2D eigenvalue weighted by Crippen LogP contribution is 2.23. The lowest BCUT2D eigenvalue weighted by Gasteiger charge is -2.44. The smallest absolute Gasteiger partial charge is 0.149 e. The van der Waals surface area contributed by atoms with Gasteiger partial charge in [0.05, 0.1) is 6.39 Å². The van der Waals surface area contributed by atoms with Crippen molar-refractivity contribution >= 4 is 104 Å². The molecule has 0 unspecified atom stereocenters. The predicted octanol–water partition coefficient (Wildman–Crippen LogP) is 1.27. The molecule has 0 aromatic rings. The molecule has 0 saturated heterocycles. The third kappa shape index (κ3) is 21.3. The van der Waals surface area contributed by atoms with E-state index in [9.17, 15) is 0 Å². The highest BCUT2D eigenvalue weighted by molar-refractivity contribution is 8.22. The Labute approximate surface area is 464 Å². The summed E-state index contributed by atoms with van der Waals surface area (Å²) in [4.78, 5) is 0. The molecule has 0 spiro atoms. The second-order valence-electron chi connectivity index (χ2n) is 15.5. The first-order valence-electron chi connectivity index (χ1n) is 23.9. The standard InChI is InChI=1S/C59H44B16/c1-19-37-55-66(54-36-18)72(67(56-38-20-2)57-39-21-3)75(73(68(58-40-22-4)59-41-23-5)69(60(42-24-6)43-25-7)61(44-26-8)45-27-9)74(70(62(46-28-10)47-29-11)63(48-30-12)49-31-13)71(64(50-32-14)51-33-15)65(52-34-16)53-35-17/h1-5H,6-18H3. The van der Waals surface area contributed by atoms with Crippen LogP contribution in [0.4, 0.5) is 0 Å². The molecule has 0 aliphatic carbocycles. The predicted molar refractivity (Wildman–Crippen MR) is 350 cm³/mol. The molecule has 0 heterocycles. The van der Waals surface area contributed by atoms with Crippen LogP contribution in [0.25, 0.3) is 0 Å². The van der Waals surface area contributed by atoms with Crippen LogP contribution >= 0.6 is 0 Å². The van der Waals surface area contributed by atoms with Gasteiger partial charge in [0.2, 0.25) is 0 Å². The van der Waals surface area contributed by atoms with Crippen molar-refractivity contribution in [3.05, 3.63) is 0 Å². The molecule has 0 rings (SSSR count). The minimum absolute atomic E-state index is 0.758. The Kier molecular flexibility index (Phi) is 36.5. The van der Waals surface area contributed by atoms with Gasteiger partial charge in [0.15, 0.2) is 0 Å². The van der Waals surface area contributed by atoms with E-state index in [1.54, 1.807) is 90.0 Å². The summed E-state index contributed by atoms with van der Waals surface area (Å²) in [7, 11) is 0. The molecule has 75 heavy (non-hydrogen) atoms. The Morgan fingerprint density at radius 1 is 0.160 bits per heavy atom. The van der Waals surface area contributed by atoms with Gasteiger partial charge in [-0.15, -0.1) is 214 Å². The van der Waals surface area contributed by atoms with Crippen LogP contribution in [0.3, 0.4) is 0 Å². The summed E-state index contributed by atoms with van der Waals surface area (Å²) in [5.74, 6) is 130. The molecular weight excluding hydrogens is 882 g/mol. The van der Waals surface area contributed by atoms with Gasteiger partial charge in [-0.3, -0.25) is 0 Å².